The Morgan fingerprint density at radius 2 is 1.57 bits per heavy atom. The smallest absolute Gasteiger partial charge is 0.255 e. The van der Waals surface area contributed by atoms with Gasteiger partial charge in [-0.3, -0.25) is 9.59 Å². The van der Waals surface area contributed by atoms with Gasteiger partial charge in [-0.2, -0.15) is 0 Å². The molecular formula is C39H52N4O4. The van der Waals surface area contributed by atoms with E-state index >= 15 is 0 Å². The van der Waals surface area contributed by atoms with Gasteiger partial charge in [-0.25, -0.2) is 0 Å². The van der Waals surface area contributed by atoms with Crippen LogP contribution in [-0.4, -0.2) is 92.8 Å². The van der Waals surface area contributed by atoms with E-state index in [-0.39, 0.29) is 17.9 Å². The van der Waals surface area contributed by atoms with E-state index in [0.29, 0.717) is 24.2 Å². The van der Waals surface area contributed by atoms with Gasteiger partial charge in [0, 0.05) is 52.0 Å². The molecule has 0 unspecified atom stereocenters. The van der Waals surface area contributed by atoms with E-state index in [4.69, 9.17) is 9.47 Å². The van der Waals surface area contributed by atoms with Crippen molar-refractivity contribution in [1.29, 1.82) is 0 Å². The van der Waals surface area contributed by atoms with Gasteiger partial charge in [0.2, 0.25) is 5.91 Å². The Balaban J connectivity index is 1.08. The predicted molar refractivity (Wildman–Crippen MR) is 187 cm³/mol. The van der Waals surface area contributed by atoms with Gasteiger partial charge in [0.05, 0.1) is 12.7 Å². The van der Waals surface area contributed by atoms with Crippen molar-refractivity contribution < 1.29 is 19.1 Å². The van der Waals surface area contributed by atoms with E-state index in [1.165, 1.54) is 24.9 Å². The summed E-state index contributed by atoms with van der Waals surface area (Å²) in [6.07, 6.45) is 8.16. The van der Waals surface area contributed by atoms with E-state index in [9.17, 15) is 9.59 Å². The SMILES string of the molecule is COc1cc2ccccc2cc1C(=O)NC1(C(=O)N[C@H](CCCN2CCN(CC3CCOCC3)CC2)Cc2ccccc2)CCCC1. The molecule has 0 aromatic heterocycles. The lowest BCUT2D eigenvalue weighted by Gasteiger charge is -2.37. The third kappa shape index (κ3) is 8.72. The highest BCUT2D eigenvalue weighted by molar-refractivity contribution is 6.04. The number of piperazine rings is 1. The third-order valence-electron chi connectivity index (χ3n) is 10.6. The van der Waals surface area contributed by atoms with Gasteiger partial charge in [0.15, 0.2) is 0 Å². The molecule has 47 heavy (non-hydrogen) atoms. The zero-order chi connectivity index (χ0) is 32.5. The first-order valence-corrected chi connectivity index (χ1v) is 17.8. The van der Waals surface area contributed by atoms with Crippen molar-refractivity contribution in [1.82, 2.24) is 20.4 Å². The molecule has 6 rings (SSSR count). The molecule has 2 saturated heterocycles. The number of hydrogen-bond donors (Lipinski definition) is 2. The third-order valence-corrected chi connectivity index (χ3v) is 10.6. The minimum atomic E-state index is -0.927. The Morgan fingerprint density at radius 3 is 2.28 bits per heavy atom. The molecule has 0 bridgehead atoms. The number of nitrogens with one attached hydrogen (secondary N) is 2. The molecule has 3 fully saturated rings. The minimum absolute atomic E-state index is 0.00992. The summed E-state index contributed by atoms with van der Waals surface area (Å²) in [4.78, 5) is 33.2. The summed E-state index contributed by atoms with van der Waals surface area (Å²) in [5.41, 5.74) is 0.743. The maximum absolute atomic E-state index is 14.2. The van der Waals surface area contributed by atoms with Crippen molar-refractivity contribution in [3.8, 4) is 5.75 Å². The van der Waals surface area contributed by atoms with E-state index < -0.39 is 5.54 Å². The fourth-order valence-electron chi connectivity index (χ4n) is 7.74. The lowest BCUT2D eigenvalue weighted by Crippen LogP contribution is -2.59. The largest absolute Gasteiger partial charge is 0.496 e. The number of hydrogen-bond acceptors (Lipinski definition) is 6. The molecule has 0 radical (unpaired) electrons. The van der Waals surface area contributed by atoms with Crippen LogP contribution in [0.3, 0.4) is 0 Å². The average molecular weight is 641 g/mol. The van der Waals surface area contributed by atoms with Crippen molar-refractivity contribution in [2.24, 2.45) is 5.92 Å². The maximum atomic E-state index is 14.2. The molecule has 3 aromatic carbocycles. The second-order valence-electron chi connectivity index (χ2n) is 13.8. The first-order chi connectivity index (χ1) is 23.0. The Labute approximate surface area is 280 Å². The van der Waals surface area contributed by atoms with Crippen LogP contribution in [0, 0.1) is 5.92 Å². The molecule has 252 valence electrons. The monoisotopic (exact) mass is 640 g/mol. The van der Waals surface area contributed by atoms with Crippen LogP contribution in [0.25, 0.3) is 10.8 Å². The summed E-state index contributed by atoms with van der Waals surface area (Å²) < 4.78 is 11.2. The van der Waals surface area contributed by atoms with Gasteiger partial charge in [-0.1, -0.05) is 67.4 Å². The molecule has 1 aliphatic carbocycles. The van der Waals surface area contributed by atoms with Crippen LogP contribution in [0.15, 0.2) is 66.7 Å². The topological polar surface area (TPSA) is 83.1 Å². The molecule has 3 aromatic rings. The van der Waals surface area contributed by atoms with E-state index in [1.54, 1.807) is 7.11 Å². The summed E-state index contributed by atoms with van der Waals surface area (Å²) in [5.74, 6) is 0.965. The highest BCUT2D eigenvalue weighted by Gasteiger charge is 2.43. The molecular weight excluding hydrogens is 588 g/mol. The van der Waals surface area contributed by atoms with Gasteiger partial charge >= 0.3 is 0 Å². The van der Waals surface area contributed by atoms with Crippen LogP contribution in [0.5, 0.6) is 5.75 Å². The molecule has 3 aliphatic rings. The van der Waals surface area contributed by atoms with Crippen molar-refractivity contribution >= 4 is 22.6 Å². The number of nitrogens with zero attached hydrogens (tertiary/aromatic N) is 2. The van der Waals surface area contributed by atoms with Crippen molar-refractivity contribution in [3.63, 3.8) is 0 Å². The van der Waals surface area contributed by atoms with Crippen LogP contribution >= 0.6 is 0 Å². The number of benzene rings is 3. The summed E-state index contributed by atoms with van der Waals surface area (Å²) in [5, 5.41) is 8.61. The van der Waals surface area contributed by atoms with Crippen LogP contribution in [-0.2, 0) is 16.0 Å². The quantitative estimate of drug-likeness (QED) is 0.259. The molecule has 1 atom stereocenters. The summed E-state index contributed by atoms with van der Waals surface area (Å²) in [7, 11) is 1.58. The van der Waals surface area contributed by atoms with Crippen molar-refractivity contribution in [3.05, 3.63) is 77.9 Å². The second kappa shape index (κ2) is 16.1. The average Bonchev–Trinajstić information content (AvgIpc) is 3.59. The first-order valence-electron chi connectivity index (χ1n) is 17.8. The zero-order valence-corrected chi connectivity index (χ0v) is 28.1. The molecule has 8 nitrogen and oxygen atoms in total. The number of amides is 2. The normalized spacial score (nSPS) is 19.8. The standard InChI is InChI=1S/C39H52N4O4/c1-46-36-28-33-13-6-5-12-32(33)27-35(36)37(44)41-39(17-7-8-18-39)38(45)40-34(26-30-10-3-2-4-11-30)14-9-19-42-20-22-43(23-21-42)29-31-15-24-47-25-16-31/h2-6,10-13,27-28,31,34H,7-9,14-26,29H2,1H3,(H,40,45)(H,41,44)/t34-/m1/s1. The highest BCUT2D eigenvalue weighted by atomic mass is 16.5. The molecule has 2 N–H and O–H groups in total. The van der Waals surface area contributed by atoms with Gasteiger partial charge in [-0.15, -0.1) is 0 Å². The van der Waals surface area contributed by atoms with Crippen LogP contribution in [0.4, 0.5) is 0 Å². The molecule has 2 amide bonds. The maximum Gasteiger partial charge on any atom is 0.255 e. The van der Waals surface area contributed by atoms with Crippen LogP contribution in [0.2, 0.25) is 0 Å². The highest BCUT2D eigenvalue weighted by Crippen LogP contribution is 2.33. The lowest BCUT2D eigenvalue weighted by atomic mass is 9.93. The number of rotatable bonds is 13. The van der Waals surface area contributed by atoms with Crippen molar-refractivity contribution in [2.45, 2.75) is 69.4 Å². The van der Waals surface area contributed by atoms with E-state index in [2.05, 4.69) is 44.7 Å². The fraction of sp³-hybridized carbons (Fsp3) is 0.538. The van der Waals surface area contributed by atoms with Crippen molar-refractivity contribution in [2.75, 3.05) is 59.6 Å². The number of methoxy groups -OCH3 is 1. The van der Waals surface area contributed by atoms with Gasteiger partial charge in [0.1, 0.15) is 11.3 Å². The van der Waals surface area contributed by atoms with E-state index in [0.717, 1.165) is 94.7 Å². The Bertz CT molecular complexity index is 1460. The van der Waals surface area contributed by atoms with Crippen LogP contribution < -0.4 is 15.4 Å². The Hall–Kier alpha value is -3.46. The van der Waals surface area contributed by atoms with Gasteiger partial charge < -0.3 is 29.9 Å². The van der Waals surface area contributed by atoms with E-state index in [1.807, 2.05) is 42.5 Å². The Morgan fingerprint density at radius 1 is 0.915 bits per heavy atom. The number of fused-ring (bicyclic) bond motifs is 1. The fourth-order valence-corrected chi connectivity index (χ4v) is 7.74. The zero-order valence-electron chi connectivity index (χ0n) is 28.1. The molecule has 1 saturated carbocycles. The molecule has 8 heteroatoms. The Kier molecular flexibility index (Phi) is 11.4. The minimum Gasteiger partial charge on any atom is -0.496 e. The number of carbonyl (C=O) groups is 2. The summed E-state index contributed by atoms with van der Waals surface area (Å²) >= 11 is 0. The molecule has 0 spiro atoms. The number of ether oxygens (including phenoxy) is 2. The molecule has 2 heterocycles. The molecule has 2 aliphatic heterocycles. The summed E-state index contributed by atoms with van der Waals surface area (Å²) in [6.45, 7) is 8.54. The second-order valence-corrected chi connectivity index (χ2v) is 13.8. The van der Waals surface area contributed by atoms with Crippen LogP contribution in [0.1, 0.15) is 67.3 Å². The lowest BCUT2D eigenvalue weighted by molar-refractivity contribution is -0.128. The van der Waals surface area contributed by atoms with Gasteiger partial charge in [0.25, 0.3) is 5.91 Å². The number of carbonyl (C=O) groups excluding carboxylic acids is 2. The van der Waals surface area contributed by atoms with Gasteiger partial charge in [-0.05, 0) is 85.9 Å². The summed E-state index contributed by atoms with van der Waals surface area (Å²) in [6, 6.07) is 22.1. The first kappa shape index (κ1) is 33.4. The predicted octanol–water partition coefficient (Wildman–Crippen LogP) is 5.44.